The van der Waals surface area contributed by atoms with Gasteiger partial charge in [0.05, 0.1) is 11.1 Å². The number of ether oxygens (including phenoxy) is 1. The van der Waals surface area contributed by atoms with Gasteiger partial charge in [-0.2, -0.15) is 13.2 Å². The smallest absolute Gasteiger partial charge is 0.416 e. The van der Waals surface area contributed by atoms with Gasteiger partial charge in [-0.1, -0.05) is 0 Å². The number of halogens is 3. The van der Waals surface area contributed by atoms with Crippen LogP contribution in [0.4, 0.5) is 13.2 Å². The monoisotopic (exact) mass is 232 g/mol. The van der Waals surface area contributed by atoms with Crippen LogP contribution in [0.1, 0.15) is 22.8 Å². The Morgan fingerprint density at radius 1 is 1.38 bits per heavy atom. The standard InChI is InChI=1S/C10H7F3O3/c1-6(15)16-9-4-8(10(11,12)13)3-2-7(9)5-14/h2-5H,1H3. The maximum absolute atomic E-state index is 12.3. The fraction of sp³-hybridized carbons (Fsp3) is 0.200. The van der Waals surface area contributed by atoms with Crippen LogP contribution in [0.3, 0.4) is 0 Å². The first-order valence-corrected chi connectivity index (χ1v) is 4.19. The van der Waals surface area contributed by atoms with Gasteiger partial charge in [-0.25, -0.2) is 0 Å². The highest BCUT2D eigenvalue weighted by Gasteiger charge is 2.31. The number of carbonyl (C=O) groups is 2. The van der Waals surface area contributed by atoms with Gasteiger partial charge in [-0.05, 0) is 18.2 Å². The van der Waals surface area contributed by atoms with Crippen LogP contribution in [-0.2, 0) is 11.0 Å². The minimum Gasteiger partial charge on any atom is -0.426 e. The molecule has 1 aromatic rings. The van der Waals surface area contributed by atoms with Crippen molar-refractivity contribution in [2.75, 3.05) is 0 Å². The highest BCUT2D eigenvalue weighted by atomic mass is 19.4. The van der Waals surface area contributed by atoms with Gasteiger partial charge in [0, 0.05) is 6.92 Å². The summed E-state index contributed by atoms with van der Waals surface area (Å²) in [5.74, 6) is -1.18. The molecular weight excluding hydrogens is 225 g/mol. The first-order valence-electron chi connectivity index (χ1n) is 4.19. The van der Waals surface area contributed by atoms with Crippen LogP contribution in [0.25, 0.3) is 0 Å². The molecular formula is C10H7F3O3. The fourth-order valence-electron chi connectivity index (χ4n) is 1.05. The van der Waals surface area contributed by atoms with Gasteiger partial charge in [-0.3, -0.25) is 9.59 Å². The summed E-state index contributed by atoms with van der Waals surface area (Å²) in [5, 5.41) is 0. The summed E-state index contributed by atoms with van der Waals surface area (Å²) in [6.07, 6.45) is -4.23. The van der Waals surface area contributed by atoms with Crippen LogP contribution in [0.2, 0.25) is 0 Å². The van der Waals surface area contributed by atoms with Crippen LogP contribution in [-0.4, -0.2) is 12.3 Å². The minimum absolute atomic E-state index is 0.108. The molecule has 0 saturated heterocycles. The fourth-order valence-corrected chi connectivity index (χ4v) is 1.05. The van der Waals surface area contributed by atoms with Crippen LogP contribution >= 0.6 is 0 Å². The largest absolute Gasteiger partial charge is 0.426 e. The van der Waals surface area contributed by atoms with Crippen LogP contribution in [0, 0.1) is 0 Å². The molecule has 3 nitrogen and oxygen atoms in total. The zero-order chi connectivity index (χ0) is 12.3. The molecule has 0 atom stereocenters. The quantitative estimate of drug-likeness (QED) is 0.447. The second kappa shape index (κ2) is 4.34. The summed E-state index contributed by atoms with van der Waals surface area (Å²) < 4.78 is 41.4. The number of carbonyl (C=O) groups excluding carboxylic acids is 2. The molecule has 86 valence electrons. The Morgan fingerprint density at radius 2 is 2.00 bits per heavy atom. The van der Waals surface area contributed by atoms with E-state index >= 15 is 0 Å². The summed E-state index contributed by atoms with van der Waals surface area (Å²) in [6, 6.07) is 2.32. The molecule has 0 aliphatic heterocycles. The van der Waals surface area contributed by atoms with Gasteiger partial charge < -0.3 is 4.74 Å². The Balaban J connectivity index is 3.21. The van der Waals surface area contributed by atoms with Gasteiger partial charge in [0.1, 0.15) is 5.75 Å². The van der Waals surface area contributed by atoms with Crippen molar-refractivity contribution in [1.29, 1.82) is 0 Å². The predicted molar refractivity (Wildman–Crippen MR) is 48.1 cm³/mol. The third kappa shape index (κ3) is 2.82. The highest BCUT2D eigenvalue weighted by molar-refractivity contribution is 5.82. The minimum atomic E-state index is -4.55. The van der Waals surface area contributed by atoms with Crippen molar-refractivity contribution in [3.8, 4) is 5.75 Å². The van der Waals surface area contributed by atoms with E-state index < -0.39 is 23.5 Å². The Bertz CT molecular complexity index is 424. The van der Waals surface area contributed by atoms with E-state index in [1.165, 1.54) is 0 Å². The number of aldehydes is 1. The number of esters is 1. The molecule has 16 heavy (non-hydrogen) atoms. The molecule has 0 spiro atoms. The van der Waals surface area contributed by atoms with Crippen molar-refractivity contribution < 1.29 is 27.5 Å². The lowest BCUT2D eigenvalue weighted by Crippen LogP contribution is -2.08. The van der Waals surface area contributed by atoms with E-state index in [0.29, 0.717) is 12.4 Å². The molecule has 0 saturated carbocycles. The highest BCUT2D eigenvalue weighted by Crippen LogP contribution is 2.32. The average Bonchev–Trinajstić information content (AvgIpc) is 2.15. The summed E-state index contributed by atoms with van der Waals surface area (Å²) >= 11 is 0. The Labute approximate surface area is 88.8 Å². The zero-order valence-corrected chi connectivity index (χ0v) is 8.17. The van der Waals surface area contributed by atoms with Gasteiger partial charge >= 0.3 is 12.1 Å². The average molecular weight is 232 g/mol. The summed E-state index contributed by atoms with van der Waals surface area (Å²) in [7, 11) is 0. The molecule has 0 fully saturated rings. The topological polar surface area (TPSA) is 43.4 Å². The van der Waals surface area contributed by atoms with Crippen LogP contribution in [0.15, 0.2) is 18.2 Å². The molecule has 0 bridgehead atoms. The SMILES string of the molecule is CC(=O)Oc1cc(C(F)(F)F)ccc1C=O. The number of hydrogen-bond donors (Lipinski definition) is 0. The van der Waals surface area contributed by atoms with Crippen molar-refractivity contribution in [3.63, 3.8) is 0 Å². The molecule has 0 heterocycles. The van der Waals surface area contributed by atoms with E-state index in [1.807, 2.05) is 0 Å². The van der Waals surface area contributed by atoms with Crippen molar-refractivity contribution in [3.05, 3.63) is 29.3 Å². The Morgan fingerprint density at radius 3 is 2.44 bits per heavy atom. The number of alkyl halides is 3. The third-order valence-electron chi connectivity index (χ3n) is 1.72. The number of benzene rings is 1. The van der Waals surface area contributed by atoms with E-state index in [2.05, 4.69) is 4.74 Å². The summed E-state index contributed by atoms with van der Waals surface area (Å²) in [5.41, 5.74) is -1.09. The molecule has 0 aliphatic rings. The van der Waals surface area contributed by atoms with Gasteiger partial charge in [0.15, 0.2) is 6.29 Å². The van der Waals surface area contributed by atoms with Crippen molar-refractivity contribution in [1.82, 2.24) is 0 Å². The predicted octanol–water partition coefficient (Wildman–Crippen LogP) is 2.44. The van der Waals surface area contributed by atoms with Gasteiger partial charge in [0.25, 0.3) is 0 Å². The Kier molecular flexibility index (Phi) is 3.31. The van der Waals surface area contributed by atoms with Crippen molar-refractivity contribution >= 4 is 12.3 Å². The normalized spacial score (nSPS) is 11.0. The molecule has 0 N–H and O–H groups in total. The van der Waals surface area contributed by atoms with Gasteiger partial charge in [-0.15, -0.1) is 0 Å². The van der Waals surface area contributed by atoms with Crippen LogP contribution in [0.5, 0.6) is 5.75 Å². The van der Waals surface area contributed by atoms with E-state index in [1.54, 1.807) is 0 Å². The van der Waals surface area contributed by atoms with Crippen molar-refractivity contribution in [2.24, 2.45) is 0 Å². The molecule has 0 amide bonds. The summed E-state index contributed by atoms with van der Waals surface area (Å²) in [6.45, 7) is 1.04. The van der Waals surface area contributed by atoms with E-state index in [4.69, 9.17) is 0 Å². The van der Waals surface area contributed by atoms with E-state index in [-0.39, 0.29) is 5.56 Å². The van der Waals surface area contributed by atoms with Crippen molar-refractivity contribution in [2.45, 2.75) is 13.1 Å². The molecule has 0 aromatic heterocycles. The van der Waals surface area contributed by atoms with Crippen LogP contribution < -0.4 is 4.74 Å². The first kappa shape index (κ1) is 12.2. The lowest BCUT2D eigenvalue weighted by molar-refractivity contribution is -0.138. The second-order valence-electron chi connectivity index (χ2n) is 2.96. The van der Waals surface area contributed by atoms with E-state index in [9.17, 15) is 22.8 Å². The molecule has 0 radical (unpaired) electrons. The third-order valence-corrected chi connectivity index (χ3v) is 1.72. The lowest BCUT2D eigenvalue weighted by atomic mass is 10.1. The number of rotatable bonds is 2. The zero-order valence-electron chi connectivity index (χ0n) is 8.17. The molecule has 1 rings (SSSR count). The maximum atomic E-state index is 12.3. The Hall–Kier alpha value is -1.85. The number of hydrogen-bond acceptors (Lipinski definition) is 3. The lowest BCUT2D eigenvalue weighted by Gasteiger charge is -2.09. The van der Waals surface area contributed by atoms with E-state index in [0.717, 1.165) is 19.1 Å². The molecule has 1 aromatic carbocycles. The summed E-state index contributed by atoms with van der Waals surface area (Å²) in [4.78, 5) is 21.1. The molecule has 0 aliphatic carbocycles. The second-order valence-corrected chi connectivity index (χ2v) is 2.96. The maximum Gasteiger partial charge on any atom is 0.416 e. The molecule has 6 heteroatoms. The van der Waals surface area contributed by atoms with Gasteiger partial charge in [0.2, 0.25) is 0 Å². The molecule has 0 unspecified atom stereocenters. The first-order chi connectivity index (χ1) is 7.34.